The minimum absolute atomic E-state index is 0.00825. The molecule has 1 amide bonds. The van der Waals surface area contributed by atoms with Crippen molar-refractivity contribution in [1.82, 2.24) is 15.3 Å². The SMILES string of the molecule is O=C(N[C@@H]1CCCc2c1[nH]c1ccc(Cl)cc21)c1c[nH]c2ccccc12. The van der Waals surface area contributed by atoms with Crippen molar-refractivity contribution < 1.29 is 4.79 Å². The summed E-state index contributed by atoms with van der Waals surface area (Å²) in [6.07, 6.45) is 4.77. The average molecular weight is 364 g/mol. The maximum Gasteiger partial charge on any atom is 0.253 e. The van der Waals surface area contributed by atoms with Crippen LogP contribution in [0.3, 0.4) is 0 Å². The van der Waals surface area contributed by atoms with Crippen LogP contribution in [0, 0.1) is 0 Å². The number of nitrogens with one attached hydrogen (secondary N) is 3. The Balaban J connectivity index is 1.50. The lowest BCUT2D eigenvalue weighted by Gasteiger charge is -2.23. The molecule has 2 aromatic carbocycles. The fourth-order valence-corrected chi connectivity index (χ4v) is 4.25. The molecule has 0 aliphatic heterocycles. The third-order valence-electron chi connectivity index (χ3n) is 5.31. The number of fused-ring (bicyclic) bond motifs is 4. The van der Waals surface area contributed by atoms with E-state index in [9.17, 15) is 4.79 Å². The number of aryl methyl sites for hydroxylation is 1. The number of hydrogen-bond acceptors (Lipinski definition) is 1. The fourth-order valence-electron chi connectivity index (χ4n) is 4.07. The zero-order chi connectivity index (χ0) is 17.7. The third kappa shape index (κ3) is 2.41. The number of aromatic amines is 2. The van der Waals surface area contributed by atoms with Crippen LogP contribution in [0.25, 0.3) is 21.8 Å². The first-order valence-corrected chi connectivity index (χ1v) is 9.25. The second-order valence-corrected chi connectivity index (χ2v) is 7.31. The third-order valence-corrected chi connectivity index (χ3v) is 5.54. The van der Waals surface area contributed by atoms with Crippen molar-refractivity contribution in [2.24, 2.45) is 0 Å². The number of rotatable bonds is 2. The van der Waals surface area contributed by atoms with Crippen LogP contribution >= 0.6 is 11.6 Å². The Kier molecular flexibility index (Phi) is 3.54. The molecule has 0 fully saturated rings. The molecule has 2 aromatic heterocycles. The summed E-state index contributed by atoms with van der Waals surface area (Å²) in [5.74, 6) is -0.0445. The van der Waals surface area contributed by atoms with E-state index < -0.39 is 0 Å². The Morgan fingerprint density at radius 3 is 2.92 bits per heavy atom. The smallest absolute Gasteiger partial charge is 0.253 e. The molecule has 1 atom stereocenters. The molecule has 1 aliphatic rings. The van der Waals surface area contributed by atoms with Crippen LogP contribution in [-0.4, -0.2) is 15.9 Å². The molecule has 1 aliphatic carbocycles. The van der Waals surface area contributed by atoms with Gasteiger partial charge in [0.2, 0.25) is 0 Å². The van der Waals surface area contributed by atoms with Gasteiger partial charge in [-0.25, -0.2) is 0 Å². The first-order chi connectivity index (χ1) is 12.7. The van der Waals surface area contributed by atoms with Crippen LogP contribution < -0.4 is 5.32 Å². The molecule has 5 rings (SSSR count). The van der Waals surface area contributed by atoms with Gasteiger partial charge in [0.25, 0.3) is 5.91 Å². The van der Waals surface area contributed by atoms with Crippen molar-refractivity contribution >= 4 is 39.3 Å². The summed E-state index contributed by atoms with van der Waals surface area (Å²) in [5, 5.41) is 6.08. The number of hydrogen-bond donors (Lipinski definition) is 3. The number of H-pyrrole nitrogens is 2. The number of para-hydroxylation sites is 1. The van der Waals surface area contributed by atoms with Crippen molar-refractivity contribution in [3.05, 3.63) is 70.5 Å². The number of halogens is 1. The Bertz CT molecular complexity index is 1140. The van der Waals surface area contributed by atoms with E-state index in [1.807, 2.05) is 42.5 Å². The molecule has 26 heavy (non-hydrogen) atoms. The van der Waals surface area contributed by atoms with Gasteiger partial charge in [0, 0.05) is 38.7 Å². The highest BCUT2D eigenvalue weighted by atomic mass is 35.5. The molecule has 4 aromatic rings. The van der Waals surface area contributed by atoms with Crippen LogP contribution in [0.4, 0.5) is 0 Å². The number of aromatic nitrogens is 2. The van der Waals surface area contributed by atoms with Crippen LogP contribution in [0.1, 0.15) is 40.5 Å². The Labute approximate surface area is 155 Å². The first-order valence-electron chi connectivity index (χ1n) is 8.87. The molecule has 0 spiro atoms. The average Bonchev–Trinajstić information content (AvgIpc) is 3.24. The highest BCUT2D eigenvalue weighted by molar-refractivity contribution is 6.31. The van der Waals surface area contributed by atoms with E-state index in [1.54, 1.807) is 6.20 Å². The summed E-state index contributed by atoms with van der Waals surface area (Å²) in [6.45, 7) is 0. The van der Waals surface area contributed by atoms with Gasteiger partial charge in [0.05, 0.1) is 11.6 Å². The number of amides is 1. The largest absolute Gasteiger partial charge is 0.360 e. The molecule has 0 bridgehead atoms. The van der Waals surface area contributed by atoms with E-state index in [-0.39, 0.29) is 11.9 Å². The van der Waals surface area contributed by atoms with E-state index in [0.29, 0.717) is 5.56 Å². The standard InChI is InChI=1S/C21H18ClN3O/c22-12-8-9-18-15(10-12)14-5-3-7-19(20(14)24-18)25-21(26)16-11-23-17-6-2-1-4-13(16)17/h1-2,4,6,8-11,19,23-24H,3,5,7H2,(H,25,26)/t19-/m1/s1. The van der Waals surface area contributed by atoms with Gasteiger partial charge in [-0.1, -0.05) is 29.8 Å². The van der Waals surface area contributed by atoms with Crippen molar-refractivity contribution in [3.8, 4) is 0 Å². The molecule has 130 valence electrons. The van der Waals surface area contributed by atoms with Gasteiger partial charge in [-0.05, 0) is 49.1 Å². The quantitative estimate of drug-likeness (QED) is 0.455. The Hall–Kier alpha value is -2.72. The zero-order valence-electron chi connectivity index (χ0n) is 14.1. The van der Waals surface area contributed by atoms with E-state index in [0.717, 1.165) is 46.4 Å². The molecular weight excluding hydrogens is 346 g/mol. The van der Waals surface area contributed by atoms with Gasteiger partial charge in [-0.2, -0.15) is 0 Å². The van der Waals surface area contributed by atoms with Crippen LogP contribution in [0.5, 0.6) is 0 Å². The monoisotopic (exact) mass is 363 g/mol. The zero-order valence-corrected chi connectivity index (χ0v) is 14.9. The van der Waals surface area contributed by atoms with E-state index in [4.69, 9.17) is 11.6 Å². The van der Waals surface area contributed by atoms with E-state index in [1.165, 1.54) is 10.9 Å². The topological polar surface area (TPSA) is 60.7 Å². The molecule has 0 saturated heterocycles. The maximum atomic E-state index is 12.9. The Morgan fingerprint density at radius 1 is 1.12 bits per heavy atom. The number of carbonyl (C=O) groups excluding carboxylic acids is 1. The minimum atomic E-state index is -0.0445. The predicted octanol–water partition coefficient (Wildman–Crippen LogP) is 5.11. The maximum absolute atomic E-state index is 12.9. The highest BCUT2D eigenvalue weighted by Gasteiger charge is 2.26. The molecular formula is C21H18ClN3O. The summed E-state index contributed by atoms with van der Waals surface area (Å²) in [7, 11) is 0. The van der Waals surface area contributed by atoms with Crippen molar-refractivity contribution in [3.63, 3.8) is 0 Å². The first kappa shape index (κ1) is 15.5. The van der Waals surface area contributed by atoms with Gasteiger partial charge in [0.1, 0.15) is 0 Å². The molecule has 5 heteroatoms. The normalized spacial score (nSPS) is 16.7. The molecule has 3 N–H and O–H groups in total. The van der Waals surface area contributed by atoms with Crippen molar-refractivity contribution in [1.29, 1.82) is 0 Å². The molecule has 0 saturated carbocycles. The predicted molar refractivity (Wildman–Crippen MR) is 105 cm³/mol. The lowest BCUT2D eigenvalue weighted by Crippen LogP contribution is -2.30. The molecule has 4 nitrogen and oxygen atoms in total. The van der Waals surface area contributed by atoms with Gasteiger partial charge in [0.15, 0.2) is 0 Å². The van der Waals surface area contributed by atoms with Crippen LogP contribution in [0.2, 0.25) is 5.02 Å². The summed E-state index contributed by atoms with van der Waals surface area (Å²) >= 11 is 6.17. The summed E-state index contributed by atoms with van der Waals surface area (Å²) in [4.78, 5) is 19.6. The van der Waals surface area contributed by atoms with Gasteiger partial charge in [-0.15, -0.1) is 0 Å². The van der Waals surface area contributed by atoms with E-state index >= 15 is 0 Å². The summed E-state index contributed by atoms with van der Waals surface area (Å²) < 4.78 is 0. The molecule has 0 radical (unpaired) electrons. The number of benzene rings is 2. The molecule has 0 unspecified atom stereocenters. The summed E-state index contributed by atoms with van der Waals surface area (Å²) in [5.41, 5.74) is 5.13. The number of carbonyl (C=O) groups is 1. The lowest BCUT2D eigenvalue weighted by atomic mass is 9.91. The van der Waals surface area contributed by atoms with Gasteiger partial charge < -0.3 is 15.3 Å². The fraction of sp³-hybridized carbons (Fsp3) is 0.190. The van der Waals surface area contributed by atoms with Crippen molar-refractivity contribution in [2.45, 2.75) is 25.3 Å². The van der Waals surface area contributed by atoms with Gasteiger partial charge >= 0.3 is 0 Å². The lowest BCUT2D eigenvalue weighted by molar-refractivity contribution is 0.0933. The second kappa shape index (κ2) is 5.92. The van der Waals surface area contributed by atoms with Crippen LogP contribution in [0.15, 0.2) is 48.7 Å². The minimum Gasteiger partial charge on any atom is -0.360 e. The van der Waals surface area contributed by atoms with Gasteiger partial charge in [-0.3, -0.25) is 4.79 Å². The highest BCUT2D eigenvalue weighted by Crippen LogP contribution is 2.36. The second-order valence-electron chi connectivity index (χ2n) is 6.87. The van der Waals surface area contributed by atoms with Crippen LogP contribution in [-0.2, 0) is 6.42 Å². The van der Waals surface area contributed by atoms with E-state index in [2.05, 4.69) is 15.3 Å². The van der Waals surface area contributed by atoms with Crippen molar-refractivity contribution in [2.75, 3.05) is 0 Å². The summed E-state index contributed by atoms with van der Waals surface area (Å²) in [6, 6.07) is 13.8. The molecule has 2 heterocycles. The Morgan fingerprint density at radius 2 is 2.00 bits per heavy atom.